The minimum Gasteiger partial charge on any atom is -0.350 e. The summed E-state index contributed by atoms with van der Waals surface area (Å²) in [6.07, 6.45) is 0. The summed E-state index contributed by atoms with van der Waals surface area (Å²) in [7, 11) is 0. The van der Waals surface area contributed by atoms with Crippen molar-refractivity contribution in [2.24, 2.45) is 0 Å². The molecule has 0 fully saturated rings. The van der Waals surface area contributed by atoms with Crippen LogP contribution in [-0.2, 0) is 11.3 Å². The molecule has 0 saturated carbocycles. The normalized spacial score (nSPS) is 12.0. The molecular formula is C16H16N4OS2. The Balaban J connectivity index is 1.78. The lowest BCUT2D eigenvalue weighted by Gasteiger charge is -2.15. The first kappa shape index (κ1) is 15.6. The van der Waals surface area contributed by atoms with Crippen LogP contribution in [0.4, 0.5) is 0 Å². The van der Waals surface area contributed by atoms with Crippen LogP contribution in [0.15, 0.2) is 47.8 Å². The Morgan fingerprint density at radius 3 is 2.83 bits per heavy atom. The first-order valence-electron chi connectivity index (χ1n) is 7.19. The van der Waals surface area contributed by atoms with Gasteiger partial charge in [-0.2, -0.15) is 5.10 Å². The fourth-order valence-electron chi connectivity index (χ4n) is 2.29. The summed E-state index contributed by atoms with van der Waals surface area (Å²) < 4.78 is 2.19. The summed E-state index contributed by atoms with van der Waals surface area (Å²) in [5.41, 5.74) is 1.06. The SMILES string of the molecule is C[C@H](C(=O)NCc1ccccc1)n1c(-c2cccs2)n[nH]c1=S. The van der Waals surface area contributed by atoms with Crippen LogP contribution >= 0.6 is 23.6 Å². The van der Waals surface area contributed by atoms with Crippen molar-refractivity contribution in [3.8, 4) is 10.7 Å². The molecule has 118 valence electrons. The van der Waals surface area contributed by atoms with Crippen LogP contribution < -0.4 is 5.32 Å². The van der Waals surface area contributed by atoms with Gasteiger partial charge in [-0.25, -0.2) is 0 Å². The summed E-state index contributed by atoms with van der Waals surface area (Å²) >= 11 is 6.85. The fourth-order valence-corrected chi connectivity index (χ4v) is 3.29. The number of amides is 1. The number of nitrogens with one attached hydrogen (secondary N) is 2. The Morgan fingerprint density at radius 1 is 1.35 bits per heavy atom. The van der Waals surface area contributed by atoms with Gasteiger partial charge < -0.3 is 5.32 Å². The number of nitrogens with zero attached hydrogens (tertiary/aromatic N) is 2. The smallest absolute Gasteiger partial charge is 0.243 e. The molecule has 7 heteroatoms. The Labute approximate surface area is 143 Å². The number of rotatable bonds is 5. The van der Waals surface area contributed by atoms with Gasteiger partial charge in [0.2, 0.25) is 5.91 Å². The average Bonchev–Trinajstić information content (AvgIpc) is 3.22. The van der Waals surface area contributed by atoms with Gasteiger partial charge in [0.15, 0.2) is 10.6 Å². The molecule has 1 atom stereocenters. The Bertz CT molecular complexity index is 837. The zero-order chi connectivity index (χ0) is 16.2. The summed E-state index contributed by atoms with van der Waals surface area (Å²) in [6, 6.07) is 13.3. The molecular weight excluding hydrogens is 328 g/mol. The Morgan fingerprint density at radius 2 is 2.13 bits per heavy atom. The number of H-pyrrole nitrogens is 1. The molecule has 0 bridgehead atoms. The third kappa shape index (κ3) is 3.40. The molecule has 0 unspecified atom stereocenters. The van der Waals surface area contributed by atoms with E-state index in [1.165, 1.54) is 0 Å². The van der Waals surface area contributed by atoms with Gasteiger partial charge in [0.05, 0.1) is 4.88 Å². The van der Waals surface area contributed by atoms with Gasteiger partial charge in [-0.05, 0) is 36.2 Å². The van der Waals surface area contributed by atoms with E-state index in [2.05, 4.69) is 15.5 Å². The number of carbonyl (C=O) groups is 1. The van der Waals surface area contributed by atoms with Gasteiger partial charge >= 0.3 is 0 Å². The second-order valence-electron chi connectivity index (χ2n) is 5.08. The van der Waals surface area contributed by atoms with Crippen molar-refractivity contribution >= 4 is 29.5 Å². The molecule has 0 spiro atoms. The zero-order valence-electron chi connectivity index (χ0n) is 12.5. The van der Waals surface area contributed by atoms with Crippen LogP contribution in [0.5, 0.6) is 0 Å². The van der Waals surface area contributed by atoms with Crippen molar-refractivity contribution in [3.05, 3.63) is 58.2 Å². The molecule has 23 heavy (non-hydrogen) atoms. The molecule has 2 N–H and O–H groups in total. The van der Waals surface area contributed by atoms with Gasteiger partial charge in [0, 0.05) is 6.54 Å². The number of benzene rings is 1. The van der Waals surface area contributed by atoms with E-state index >= 15 is 0 Å². The molecule has 5 nitrogen and oxygen atoms in total. The standard InChI is InChI=1S/C16H16N4OS2/c1-11(15(21)17-10-12-6-3-2-4-7-12)20-14(18-19-16(20)22)13-8-5-9-23-13/h2-9,11H,10H2,1H3,(H,17,21)(H,19,22)/t11-/m1/s1. The molecule has 0 radical (unpaired) electrons. The second-order valence-corrected chi connectivity index (χ2v) is 6.41. The largest absolute Gasteiger partial charge is 0.350 e. The third-order valence-corrected chi connectivity index (χ3v) is 4.68. The van der Waals surface area contributed by atoms with Crippen LogP contribution in [0, 0.1) is 4.77 Å². The fraction of sp³-hybridized carbons (Fsp3) is 0.188. The maximum atomic E-state index is 12.5. The first-order chi connectivity index (χ1) is 11.2. The molecule has 1 amide bonds. The van der Waals surface area contributed by atoms with E-state index in [9.17, 15) is 4.79 Å². The first-order valence-corrected chi connectivity index (χ1v) is 8.48. The van der Waals surface area contributed by atoms with E-state index in [0.29, 0.717) is 17.1 Å². The second kappa shape index (κ2) is 6.89. The van der Waals surface area contributed by atoms with Gasteiger partial charge in [0.25, 0.3) is 0 Å². The lowest BCUT2D eigenvalue weighted by molar-refractivity contribution is -0.124. The lowest BCUT2D eigenvalue weighted by atomic mass is 10.2. The van der Waals surface area contributed by atoms with E-state index < -0.39 is 6.04 Å². The summed E-state index contributed by atoms with van der Waals surface area (Å²) in [4.78, 5) is 13.4. The maximum absolute atomic E-state index is 12.5. The van der Waals surface area contributed by atoms with Crippen LogP contribution in [0.1, 0.15) is 18.5 Å². The van der Waals surface area contributed by atoms with Crippen LogP contribution in [0.25, 0.3) is 10.7 Å². The molecule has 2 aromatic heterocycles. The quantitative estimate of drug-likeness (QED) is 0.696. The Kier molecular flexibility index (Phi) is 4.68. The molecule has 0 aliphatic heterocycles. The molecule has 2 heterocycles. The van der Waals surface area contributed by atoms with Gasteiger partial charge in [-0.1, -0.05) is 36.4 Å². The molecule has 3 aromatic rings. The highest BCUT2D eigenvalue weighted by Gasteiger charge is 2.21. The molecule has 1 aromatic carbocycles. The molecule has 0 saturated heterocycles. The highest BCUT2D eigenvalue weighted by molar-refractivity contribution is 7.71. The summed E-state index contributed by atoms with van der Waals surface area (Å²) in [6.45, 7) is 2.31. The van der Waals surface area contributed by atoms with Gasteiger partial charge in [-0.3, -0.25) is 14.5 Å². The maximum Gasteiger partial charge on any atom is 0.243 e. The van der Waals surface area contributed by atoms with E-state index in [4.69, 9.17) is 12.2 Å². The van der Waals surface area contributed by atoms with Crippen molar-refractivity contribution in [3.63, 3.8) is 0 Å². The van der Waals surface area contributed by atoms with Crippen molar-refractivity contribution in [2.75, 3.05) is 0 Å². The minimum absolute atomic E-state index is 0.0934. The van der Waals surface area contributed by atoms with Gasteiger partial charge in [0.1, 0.15) is 6.04 Å². The summed E-state index contributed by atoms with van der Waals surface area (Å²) in [5.74, 6) is 0.594. The number of aromatic amines is 1. The van der Waals surface area contributed by atoms with Crippen LogP contribution in [0.2, 0.25) is 0 Å². The monoisotopic (exact) mass is 344 g/mol. The third-order valence-electron chi connectivity index (χ3n) is 3.52. The van der Waals surface area contributed by atoms with Crippen molar-refractivity contribution in [1.82, 2.24) is 20.1 Å². The van der Waals surface area contributed by atoms with Crippen LogP contribution in [0.3, 0.4) is 0 Å². The molecule has 0 aliphatic rings. The van der Waals surface area contributed by atoms with Crippen molar-refractivity contribution in [1.29, 1.82) is 0 Å². The predicted octanol–water partition coefficient (Wildman–Crippen LogP) is 3.55. The minimum atomic E-state index is -0.443. The Hall–Kier alpha value is -2.25. The number of thiophene rings is 1. The van der Waals surface area contributed by atoms with Crippen molar-refractivity contribution < 1.29 is 4.79 Å². The van der Waals surface area contributed by atoms with E-state index in [0.717, 1.165) is 10.4 Å². The van der Waals surface area contributed by atoms with Crippen LogP contribution in [-0.4, -0.2) is 20.7 Å². The molecule has 0 aliphatic carbocycles. The highest BCUT2D eigenvalue weighted by atomic mass is 32.1. The van der Waals surface area contributed by atoms with Crippen molar-refractivity contribution in [2.45, 2.75) is 19.5 Å². The summed E-state index contributed by atoms with van der Waals surface area (Å²) in [5, 5.41) is 11.9. The highest BCUT2D eigenvalue weighted by Crippen LogP contribution is 2.25. The lowest BCUT2D eigenvalue weighted by Crippen LogP contribution is -2.31. The van der Waals surface area contributed by atoms with Gasteiger partial charge in [-0.15, -0.1) is 11.3 Å². The van der Waals surface area contributed by atoms with E-state index in [-0.39, 0.29) is 5.91 Å². The molecule has 3 rings (SSSR count). The average molecular weight is 344 g/mol. The zero-order valence-corrected chi connectivity index (χ0v) is 14.2. The number of hydrogen-bond donors (Lipinski definition) is 2. The topological polar surface area (TPSA) is 62.7 Å². The van der Waals surface area contributed by atoms with E-state index in [1.807, 2.05) is 54.8 Å². The van der Waals surface area contributed by atoms with E-state index in [1.54, 1.807) is 15.9 Å². The number of hydrogen-bond acceptors (Lipinski definition) is 4. The number of carbonyl (C=O) groups excluding carboxylic acids is 1. The number of aromatic nitrogens is 3. The predicted molar refractivity (Wildman–Crippen MR) is 93.7 cm³/mol.